The second-order valence-electron chi connectivity index (χ2n) is 6.90. The highest BCUT2D eigenvalue weighted by atomic mass is 16.2. The Morgan fingerprint density at radius 1 is 1.27 bits per heavy atom. The summed E-state index contributed by atoms with van der Waals surface area (Å²) >= 11 is 0. The van der Waals surface area contributed by atoms with Gasteiger partial charge >= 0.3 is 6.03 Å². The van der Waals surface area contributed by atoms with Crippen LogP contribution in [0.3, 0.4) is 0 Å². The van der Waals surface area contributed by atoms with Crippen LogP contribution in [-0.4, -0.2) is 29.5 Å². The molecule has 0 radical (unpaired) electrons. The van der Waals surface area contributed by atoms with Crippen molar-refractivity contribution in [1.29, 1.82) is 0 Å². The lowest BCUT2D eigenvalue weighted by Gasteiger charge is -2.32. The van der Waals surface area contributed by atoms with Crippen molar-refractivity contribution in [2.45, 2.75) is 51.0 Å². The van der Waals surface area contributed by atoms with E-state index in [0.29, 0.717) is 11.8 Å². The first-order valence-corrected chi connectivity index (χ1v) is 8.66. The fraction of sp³-hybridized carbons (Fsp3) is 0.667. The van der Waals surface area contributed by atoms with Gasteiger partial charge in [0.2, 0.25) is 0 Å². The highest BCUT2D eigenvalue weighted by Gasteiger charge is 2.30. The maximum atomic E-state index is 12.5. The molecule has 1 aromatic rings. The molecule has 0 saturated heterocycles. The van der Waals surface area contributed by atoms with Crippen LogP contribution in [0.1, 0.15) is 56.7 Å². The Balaban J connectivity index is 1.65. The summed E-state index contributed by atoms with van der Waals surface area (Å²) in [6.45, 7) is 0.880. The van der Waals surface area contributed by atoms with Crippen molar-refractivity contribution in [1.82, 2.24) is 15.2 Å². The topological polar surface area (TPSA) is 45.2 Å². The van der Waals surface area contributed by atoms with Gasteiger partial charge < -0.3 is 10.2 Å². The summed E-state index contributed by atoms with van der Waals surface area (Å²) < 4.78 is 0. The monoisotopic (exact) mass is 301 g/mol. The van der Waals surface area contributed by atoms with Gasteiger partial charge in [0, 0.05) is 19.8 Å². The zero-order chi connectivity index (χ0) is 15.4. The molecule has 2 aliphatic carbocycles. The fourth-order valence-corrected chi connectivity index (χ4v) is 3.67. The Kier molecular flexibility index (Phi) is 4.96. The van der Waals surface area contributed by atoms with Gasteiger partial charge in [-0.05, 0) is 49.7 Å². The van der Waals surface area contributed by atoms with Gasteiger partial charge in [-0.25, -0.2) is 4.79 Å². The van der Waals surface area contributed by atoms with Crippen molar-refractivity contribution < 1.29 is 4.79 Å². The fourth-order valence-electron chi connectivity index (χ4n) is 3.67. The molecule has 1 aromatic heterocycles. The van der Waals surface area contributed by atoms with Crippen LogP contribution in [0.25, 0.3) is 0 Å². The molecule has 0 aromatic carbocycles. The number of pyridine rings is 1. The average Bonchev–Trinajstić information content (AvgIpc) is 3.03. The van der Waals surface area contributed by atoms with Crippen molar-refractivity contribution in [3.63, 3.8) is 0 Å². The zero-order valence-electron chi connectivity index (χ0n) is 13.5. The van der Waals surface area contributed by atoms with Gasteiger partial charge in [0.15, 0.2) is 0 Å². The molecule has 22 heavy (non-hydrogen) atoms. The third-order valence-electron chi connectivity index (χ3n) is 5.26. The molecular formula is C18H27N3O. The van der Waals surface area contributed by atoms with Crippen LogP contribution < -0.4 is 5.32 Å². The number of hydrogen-bond donors (Lipinski definition) is 1. The van der Waals surface area contributed by atoms with Crippen LogP contribution in [0.5, 0.6) is 0 Å². The van der Waals surface area contributed by atoms with Gasteiger partial charge in [-0.2, -0.15) is 0 Å². The third-order valence-corrected chi connectivity index (χ3v) is 5.26. The minimum atomic E-state index is 0.0504. The normalized spacial score (nSPS) is 20.4. The molecule has 0 bridgehead atoms. The van der Waals surface area contributed by atoms with E-state index in [1.54, 1.807) is 0 Å². The molecule has 1 heterocycles. The number of urea groups is 1. The molecule has 120 valence electrons. The highest BCUT2D eigenvalue weighted by molar-refractivity contribution is 5.74. The van der Waals surface area contributed by atoms with Gasteiger partial charge in [0.1, 0.15) is 0 Å². The number of hydrogen-bond acceptors (Lipinski definition) is 2. The zero-order valence-corrected chi connectivity index (χ0v) is 13.5. The first kappa shape index (κ1) is 15.3. The van der Waals surface area contributed by atoms with E-state index in [2.05, 4.69) is 10.3 Å². The van der Waals surface area contributed by atoms with Gasteiger partial charge in [0.05, 0.1) is 11.7 Å². The quantitative estimate of drug-likeness (QED) is 0.900. The van der Waals surface area contributed by atoms with Crippen LogP contribution in [0.15, 0.2) is 24.4 Å². The van der Waals surface area contributed by atoms with Crippen molar-refractivity contribution in [2.75, 3.05) is 13.6 Å². The van der Waals surface area contributed by atoms with Gasteiger partial charge in [-0.15, -0.1) is 0 Å². The predicted octanol–water partition coefficient (Wildman–Crippen LogP) is 3.75. The van der Waals surface area contributed by atoms with E-state index in [0.717, 1.165) is 12.2 Å². The molecule has 3 rings (SSSR count). The maximum absolute atomic E-state index is 12.5. The molecular weight excluding hydrogens is 274 g/mol. The smallest absolute Gasteiger partial charge is 0.317 e. The van der Waals surface area contributed by atoms with Crippen molar-refractivity contribution in [2.24, 2.45) is 11.8 Å². The van der Waals surface area contributed by atoms with Gasteiger partial charge in [-0.3, -0.25) is 4.98 Å². The number of nitrogens with zero attached hydrogens (tertiary/aromatic N) is 2. The molecule has 4 nitrogen and oxygen atoms in total. The predicted molar refractivity (Wildman–Crippen MR) is 87.4 cm³/mol. The van der Waals surface area contributed by atoms with Crippen molar-refractivity contribution in [3.8, 4) is 0 Å². The lowest BCUT2D eigenvalue weighted by molar-refractivity contribution is 0.175. The maximum Gasteiger partial charge on any atom is 0.317 e. The summed E-state index contributed by atoms with van der Waals surface area (Å²) in [7, 11) is 1.91. The number of aromatic nitrogens is 1. The highest BCUT2D eigenvalue weighted by Crippen LogP contribution is 2.35. The molecule has 0 unspecified atom stereocenters. The second kappa shape index (κ2) is 7.12. The summed E-state index contributed by atoms with van der Waals surface area (Å²) in [4.78, 5) is 18.9. The van der Waals surface area contributed by atoms with Gasteiger partial charge in [0.25, 0.3) is 0 Å². The van der Waals surface area contributed by atoms with E-state index < -0.39 is 0 Å². The number of carbonyl (C=O) groups is 1. The Morgan fingerprint density at radius 3 is 2.64 bits per heavy atom. The standard InChI is InChI=1S/C18H27N3O/c1-21(13-14-7-6-8-14)18(22)20-17(15-9-2-3-10-15)16-11-4-5-12-19-16/h4-5,11-12,14-15,17H,2-3,6-10,13H2,1H3,(H,20,22)/t17-/m1/s1. The summed E-state index contributed by atoms with van der Waals surface area (Å²) in [6, 6.07) is 6.08. The molecule has 1 N–H and O–H groups in total. The van der Waals surface area contributed by atoms with E-state index in [4.69, 9.17) is 0 Å². The summed E-state index contributed by atoms with van der Waals surface area (Å²) in [6.07, 6.45) is 10.6. The van der Waals surface area contributed by atoms with Gasteiger partial charge in [-0.1, -0.05) is 25.3 Å². The first-order chi connectivity index (χ1) is 10.7. The van der Waals surface area contributed by atoms with Crippen molar-refractivity contribution >= 4 is 6.03 Å². The Labute approximate surface area is 133 Å². The van der Waals surface area contributed by atoms with Crippen LogP contribution in [-0.2, 0) is 0 Å². The molecule has 4 heteroatoms. The molecule has 0 spiro atoms. The second-order valence-corrected chi connectivity index (χ2v) is 6.90. The van der Waals surface area contributed by atoms with E-state index >= 15 is 0 Å². The first-order valence-electron chi connectivity index (χ1n) is 8.66. The van der Waals surface area contributed by atoms with Crippen molar-refractivity contribution in [3.05, 3.63) is 30.1 Å². The van der Waals surface area contributed by atoms with E-state index in [1.165, 1.54) is 44.9 Å². The lowest BCUT2D eigenvalue weighted by Crippen LogP contribution is -2.44. The minimum absolute atomic E-state index is 0.0504. The largest absolute Gasteiger partial charge is 0.329 e. The molecule has 2 amide bonds. The van der Waals surface area contributed by atoms with Crippen LogP contribution in [0.2, 0.25) is 0 Å². The van der Waals surface area contributed by atoms with E-state index in [9.17, 15) is 4.79 Å². The Morgan fingerprint density at radius 2 is 2.05 bits per heavy atom. The number of carbonyl (C=O) groups excluding carboxylic acids is 1. The number of rotatable bonds is 5. The molecule has 2 saturated carbocycles. The van der Waals surface area contributed by atoms with E-state index in [1.807, 2.05) is 36.3 Å². The average molecular weight is 301 g/mol. The summed E-state index contributed by atoms with van der Waals surface area (Å²) in [5, 5.41) is 3.25. The molecule has 2 fully saturated rings. The van der Waals surface area contributed by atoms with Crippen LogP contribution >= 0.6 is 0 Å². The molecule has 1 atom stereocenters. The Hall–Kier alpha value is -1.58. The van der Waals surface area contributed by atoms with Crippen LogP contribution in [0, 0.1) is 11.8 Å². The Bertz CT molecular complexity index is 480. The number of nitrogens with one attached hydrogen (secondary N) is 1. The summed E-state index contributed by atoms with van der Waals surface area (Å²) in [5.41, 5.74) is 1.000. The molecule has 0 aliphatic heterocycles. The SMILES string of the molecule is CN(CC1CCC1)C(=O)N[C@@H](c1ccccn1)C1CCCC1. The van der Waals surface area contributed by atoms with Crippen LogP contribution in [0.4, 0.5) is 4.79 Å². The minimum Gasteiger partial charge on any atom is -0.329 e. The van der Waals surface area contributed by atoms with E-state index in [-0.39, 0.29) is 12.1 Å². The molecule has 2 aliphatic rings. The number of amides is 2. The lowest BCUT2D eigenvalue weighted by atomic mass is 9.85. The third kappa shape index (κ3) is 3.60. The summed E-state index contributed by atoms with van der Waals surface area (Å²) in [5.74, 6) is 1.23.